The van der Waals surface area contributed by atoms with Gasteiger partial charge in [0.1, 0.15) is 0 Å². The van der Waals surface area contributed by atoms with Gasteiger partial charge < -0.3 is 21.5 Å². The number of rotatable bonds is 4. The van der Waals surface area contributed by atoms with Crippen LogP contribution in [0, 0.1) is 0 Å². The Kier molecular flexibility index (Phi) is 4.10. The number of benzene rings is 1. The van der Waals surface area contributed by atoms with Gasteiger partial charge >= 0.3 is 0 Å². The van der Waals surface area contributed by atoms with E-state index in [0.29, 0.717) is 16.9 Å². The van der Waals surface area contributed by atoms with Crippen molar-refractivity contribution in [1.29, 1.82) is 0 Å². The Balaban J connectivity index is 3.02. The SMILES string of the molecule is CNC(=O)c1ccc(NC(C)(C)C(C)(C)O)c(N)c1. The molecule has 0 unspecified atom stereocenters. The van der Waals surface area contributed by atoms with Gasteiger partial charge in [-0.2, -0.15) is 0 Å². The predicted octanol–water partition coefficient (Wildman–Crippen LogP) is 1.59. The minimum Gasteiger partial charge on any atom is -0.397 e. The average molecular weight is 265 g/mol. The van der Waals surface area contributed by atoms with Crippen LogP contribution >= 0.6 is 0 Å². The second-order valence-corrected chi connectivity index (χ2v) is 5.69. The Hall–Kier alpha value is -1.75. The summed E-state index contributed by atoms with van der Waals surface area (Å²) in [4.78, 5) is 11.5. The van der Waals surface area contributed by atoms with Crippen molar-refractivity contribution in [3.05, 3.63) is 23.8 Å². The van der Waals surface area contributed by atoms with Crippen molar-refractivity contribution in [3.8, 4) is 0 Å². The zero-order valence-corrected chi connectivity index (χ0v) is 12.2. The van der Waals surface area contributed by atoms with Crippen molar-refractivity contribution in [3.63, 3.8) is 0 Å². The van der Waals surface area contributed by atoms with Crippen LogP contribution in [0.5, 0.6) is 0 Å². The summed E-state index contributed by atoms with van der Waals surface area (Å²) in [5.74, 6) is -0.181. The summed E-state index contributed by atoms with van der Waals surface area (Å²) in [6.07, 6.45) is 0. The van der Waals surface area contributed by atoms with Crippen LogP contribution in [0.15, 0.2) is 18.2 Å². The van der Waals surface area contributed by atoms with Crippen molar-refractivity contribution in [2.75, 3.05) is 18.1 Å². The molecule has 1 aromatic rings. The van der Waals surface area contributed by atoms with Gasteiger partial charge in [0.15, 0.2) is 0 Å². The van der Waals surface area contributed by atoms with Gasteiger partial charge in [0, 0.05) is 12.6 Å². The van der Waals surface area contributed by atoms with E-state index < -0.39 is 11.1 Å². The molecule has 0 fully saturated rings. The number of hydrogen-bond donors (Lipinski definition) is 4. The molecule has 0 saturated heterocycles. The number of nitrogen functional groups attached to an aromatic ring is 1. The Morgan fingerprint density at radius 1 is 1.26 bits per heavy atom. The molecule has 0 aliphatic heterocycles. The molecule has 0 bridgehead atoms. The third kappa shape index (κ3) is 3.38. The predicted molar refractivity (Wildman–Crippen MR) is 78.2 cm³/mol. The van der Waals surface area contributed by atoms with E-state index in [2.05, 4.69) is 10.6 Å². The largest absolute Gasteiger partial charge is 0.397 e. The average Bonchev–Trinajstić information content (AvgIpc) is 2.29. The van der Waals surface area contributed by atoms with Crippen molar-refractivity contribution >= 4 is 17.3 Å². The third-order valence-electron chi connectivity index (χ3n) is 3.52. The van der Waals surface area contributed by atoms with Gasteiger partial charge in [-0.15, -0.1) is 0 Å². The Bertz CT molecular complexity index is 476. The van der Waals surface area contributed by atoms with Crippen LogP contribution in [0.4, 0.5) is 11.4 Å². The van der Waals surface area contributed by atoms with E-state index in [4.69, 9.17) is 5.73 Å². The van der Waals surface area contributed by atoms with E-state index in [1.54, 1.807) is 39.1 Å². The second-order valence-electron chi connectivity index (χ2n) is 5.69. The van der Waals surface area contributed by atoms with Gasteiger partial charge in [0.05, 0.1) is 22.5 Å². The van der Waals surface area contributed by atoms with Gasteiger partial charge in [-0.1, -0.05) is 0 Å². The number of carbonyl (C=O) groups excluding carboxylic acids is 1. The van der Waals surface area contributed by atoms with E-state index in [1.807, 2.05) is 13.8 Å². The van der Waals surface area contributed by atoms with Gasteiger partial charge in [-0.05, 0) is 45.9 Å². The number of amides is 1. The topological polar surface area (TPSA) is 87.4 Å². The highest BCUT2D eigenvalue weighted by Crippen LogP contribution is 2.29. The van der Waals surface area contributed by atoms with Crippen molar-refractivity contribution in [2.45, 2.75) is 38.8 Å². The molecule has 0 aliphatic carbocycles. The number of hydrogen-bond acceptors (Lipinski definition) is 4. The fourth-order valence-electron chi connectivity index (χ4n) is 1.45. The first-order valence-electron chi connectivity index (χ1n) is 6.20. The summed E-state index contributed by atoms with van der Waals surface area (Å²) < 4.78 is 0. The monoisotopic (exact) mass is 265 g/mol. The van der Waals surface area contributed by atoms with Gasteiger partial charge in [-0.3, -0.25) is 4.79 Å². The fraction of sp³-hybridized carbons (Fsp3) is 0.500. The number of aliphatic hydroxyl groups is 1. The van der Waals surface area contributed by atoms with E-state index in [0.717, 1.165) is 0 Å². The van der Waals surface area contributed by atoms with Crippen molar-refractivity contribution in [1.82, 2.24) is 5.32 Å². The molecule has 5 nitrogen and oxygen atoms in total. The molecule has 5 heteroatoms. The van der Waals surface area contributed by atoms with Gasteiger partial charge in [-0.25, -0.2) is 0 Å². The second kappa shape index (κ2) is 5.09. The third-order valence-corrected chi connectivity index (χ3v) is 3.52. The maximum Gasteiger partial charge on any atom is 0.251 e. The first kappa shape index (κ1) is 15.3. The molecule has 0 spiro atoms. The summed E-state index contributed by atoms with van der Waals surface area (Å²) in [6.45, 7) is 7.24. The first-order valence-corrected chi connectivity index (χ1v) is 6.20. The highest BCUT2D eigenvalue weighted by Gasteiger charge is 2.35. The number of nitrogens with one attached hydrogen (secondary N) is 2. The molecule has 0 aromatic heterocycles. The van der Waals surface area contributed by atoms with Crippen LogP contribution < -0.4 is 16.4 Å². The van der Waals surface area contributed by atoms with E-state index in [-0.39, 0.29) is 5.91 Å². The van der Waals surface area contributed by atoms with Crippen molar-refractivity contribution in [2.24, 2.45) is 0 Å². The molecule has 19 heavy (non-hydrogen) atoms. The van der Waals surface area contributed by atoms with Crippen LogP contribution in [0.25, 0.3) is 0 Å². The standard InChI is InChI=1S/C14H23N3O2/c1-13(2,14(3,4)19)17-11-7-6-9(8-10(11)15)12(18)16-5/h6-8,17,19H,15H2,1-5H3,(H,16,18). The Morgan fingerprint density at radius 2 is 1.84 bits per heavy atom. The lowest BCUT2D eigenvalue weighted by atomic mass is 9.85. The number of nitrogens with two attached hydrogens (primary N) is 1. The molecule has 1 amide bonds. The molecule has 0 atom stereocenters. The highest BCUT2D eigenvalue weighted by atomic mass is 16.3. The molecule has 5 N–H and O–H groups in total. The van der Waals surface area contributed by atoms with Crippen molar-refractivity contribution < 1.29 is 9.90 Å². The molecule has 0 aliphatic rings. The molecule has 0 radical (unpaired) electrons. The summed E-state index contributed by atoms with van der Waals surface area (Å²) in [5.41, 5.74) is 6.13. The molecular formula is C14H23N3O2. The summed E-state index contributed by atoms with van der Waals surface area (Å²) >= 11 is 0. The van der Waals surface area contributed by atoms with Crippen LogP contribution in [-0.4, -0.2) is 29.2 Å². The highest BCUT2D eigenvalue weighted by molar-refractivity contribution is 5.95. The van der Waals surface area contributed by atoms with E-state index in [9.17, 15) is 9.90 Å². The maximum atomic E-state index is 11.5. The van der Waals surface area contributed by atoms with Gasteiger partial charge in [0.2, 0.25) is 0 Å². The minimum absolute atomic E-state index is 0.181. The molecule has 1 rings (SSSR count). The zero-order valence-electron chi connectivity index (χ0n) is 12.2. The fourth-order valence-corrected chi connectivity index (χ4v) is 1.45. The molecule has 1 aromatic carbocycles. The first-order chi connectivity index (χ1) is 8.58. The van der Waals surface area contributed by atoms with Crippen LogP contribution in [0.1, 0.15) is 38.1 Å². The smallest absolute Gasteiger partial charge is 0.251 e. The normalized spacial score (nSPS) is 12.1. The summed E-state index contributed by atoms with van der Waals surface area (Å²) in [6, 6.07) is 5.05. The lowest BCUT2D eigenvalue weighted by Crippen LogP contribution is -2.51. The van der Waals surface area contributed by atoms with E-state index >= 15 is 0 Å². The lowest BCUT2D eigenvalue weighted by molar-refractivity contribution is 0.0241. The van der Waals surface area contributed by atoms with E-state index in [1.165, 1.54) is 0 Å². The van der Waals surface area contributed by atoms with Crippen LogP contribution in [-0.2, 0) is 0 Å². The lowest BCUT2D eigenvalue weighted by Gasteiger charge is -2.39. The summed E-state index contributed by atoms with van der Waals surface area (Å²) in [7, 11) is 1.57. The Morgan fingerprint density at radius 3 is 2.26 bits per heavy atom. The van der Waals surface area contributed by atoms with Gasteiger partial charge in [0.25, 0.3) is 5.91 Å². The molecule has 0 heterocycles. The number of anilines is 2. The quantitative estimate of drug-likeness (QED) is 0.623. The molecule has 0 saturated carbocycles. The summed E-state index contributed by atoms with van der Waals surface area (Å²) in [5, 5.41) is 15.9. The molecule has 106 valence electrons. The molecular weight excluding hydrogens is 242 g/mol. The maximum absolute atomic E-state index is 11.5. The van der Waals surface area contributed by atoms with Crippen LogP contribution in [0.3, 0.4) is 0 Å². The zero-order chi connectivity index (χ0) is 14.8. The van der Waals surface area contributed by atoms with Crippen LogP contribution in [0.2, 0.25) is 0 Å². The number of carbonyl (C=O) groups is 1. The minimum atomic E-state index is -0.918. The Labute approximate surface area is 114 Å².